The molecule has 5 heteroatoms. The Labute approximate surface area is 157 Å². The van der Waals surface area contributed by atoms with Gasteiger partial charge in [0.1, 0.15) is 12.3 Å². The fourth-order valence-electron chi connectivity index (χ4n) is 2.66. The molecular weight excluding hydrogens is 324 g/mol. The number of guanidine groups is 1. The summed E-state index contributed by atoms with van der Waals surface area (Å²) in [6, 6.07) is 6.60. The molecule has 142 valence electrons. The first-order valence-electron chi connectivity index (χ1n) is 9.33. The molecule has 2 N–H and O–H groups in total. The highest BCUT2D eigenvalue weighted by Gasteiger charge is 2.19. The standard InChI is InChI=1S/C21H32N4O/c1-7-22-20(23-11-10-17-9-8-15(2)12-16(17)3)25-14-19-24-13-18(26-19)21(4,5)6/h8-9,12-13H,7,10-11,14H2,1-6H3,(H2,22,23,25). The third-order valence-corrected chi connectivity index (χ3v) is 4.19. The third kappa shape index (κ3) is 5.90. The summed E-state index contributed by atoms with van der Waals surface area (Å²) in [4.78, 5) is 8.92. The second kappa shape index (κ2) is 8.88. The zero-order valence-corrected chi connectivity index (χ0v) is 16.9. The molecule has 0 aliphatic heterocycles. The van der Waals surface area contributed by atoms with Crippen molar-refractivity contribution in [2.45, 2.75) is 59.9 Å². The average molecular weight is 357 g/mol. The zero-order chi connectivity index (χ0) is 19.2. The first kappa shape index (κ1) is 20.0. The van der Waals surface area contributed by atoms with Crippen molar-refractivity contribution in [1.82, 2.24) is 15.6 Å². The predicted molar refractivity (Wildman–Crippen MR) is 108 cm³/mol. The number of hydrogen-bond donors (Lipinski definition) is 2. The minimum Gasteiger partial charge on any atom is -0.443 e. The largest absolute Gasteiger partial charge is 0.443 e. The van der Waals surface area contributed by atoms with Gasteiger partial charge in [-0.05, 0) is 38.3 Å². The number of oxazole rings is 1. The van der Waals surface area contributed by atoms with Crippen molar-refractivity contribution in [3.63, 3.8) is 0 Å². The lowest BCUT2D eigenvalue weighted by atomic mass is 9.94. The van der Waals surface area contributed by atoms with Crippen LogP contribution in [0.2, 0.25) is 0 Å². The number of benzene rings is 1. The molecule has 0 saturated heterocycles. The lowest BCUT2D eigenvalue weighted by molar-refractivity contribution is 0.383. The van der Waals surface area contributed by atoms with Crippen LogP contribution in [0.25, 0.3) is 0 Å². The predicted octanol–water partition coefficient (Wildman–Crippen LogP) is 3.89. The Hall–Kier alpha value is -2.30. The molecule has 2 rings (SSSR count). The second-order valence-electron chi connectivity index (χ2n) is 7.67. The van der Waals surface area contributed by atoms with Crippen LogP contribution >= 0.6 is 0 Å². The maximum atomic E-state index is 5.80. The van der Waals surface area contributed by atoms with Crippen LogP contribution in [0.3, 0.4) is 0 Å². The monoisotopic (exact) mass is 356 g/mol. The van der Waals surface area contributed by atoms with Gasteiger partial charge in [-0.1, -0.05) is 44.5 Å². The molecule has 0 aliphatic rings. The number of nitrogens with zero attached hydrogens (tertiary/aromatic N) is 2. The highest BCUT2D eigenvalue weighted by molar-refractivity contribution is 5.79. The number of aromatic nitrogens is 1. The van der Waals surface area contributed by atoms with Crippen molar-refractivity contribution in [3.8, 4) is 0 Å². The Morgan fingerprint density at radius 3 is 2.58 bits per heavy atom. The molecule has 0 amide bonds. The maximum Gasteiger partial charge on any atom is 0.216 e. The van der Waals surface area contributed by atoms with Gasteiger partial charge in [0.15, 0.2) is 5.96 Å². The van der Waals surface area contributed by atoms with Gasteiger partial charge in [0, 0.05) is 18.5 Å². The van der Waals surface area contributed by atoms with Gasteiger partial charge in [-0.2, -0.15) is 0 Å². The average Bonchev–Trinajstić information content (AvgIpc) is 3.04. The van der Waals surface area contributed by atoms with Crippen LogP contribution in [-0.4, -0.2) is 24.0 Å². The quantitative estimate of drug-likeness (QED) is 0.609. The number of rotatable bonds is 6. The Morgan fingerprint density at radius 2 is 1.96 bits per heavy atom. The molecule has 1 aromatic carbocycles. The van der Waals surface area contributed by atoms with Crippen molar-refractivity contribution in [2.24, 2.45) is 4.99 Å². The van der Waals surface area contributed by atoms with Crippen LogP contribution in [0.15, 0.2) is 33.8 Å². The van der Waals surface area contributed by atoms with E-state index < -0.39 is 0 Å². The minimum atomic E-state index is -0.0381. The summed E-state index contributed by atoms with van der Waals surface area (Å²) >= 11 is 0. The zero-order valence-electron chi connectivity index (χ0n) is 16.9. The highest BCUT2D eigenvalue weighted by atomic mass is 16.4. The molecule has 26 heavy (non-hydrogen) atoms. The van der Waals surface area contributed by atoms with Crippen LogP contribution < -0.4 is 10.6 Å². The van der Waals surface area contributed by atoms with Crippen molar-refractivity contribution in [1.29, 1.82) is 0 Å². The lowest BCUT2D eigenvalue weighted by Crippen LogP contribution is -2.38. The molecule has 5 nitrogen and oxygen atoms in total. The summed E-state index contributed by atoms with van der Waals surface area (Å²) < 4.78 is 5.80. The molecular formula is C21H32N4O. The Bertz CT molecular complexity index is 741. The SMILES string of the molecule is CCNC(=NCc1ncc(C(C)(C)C)o1)NCCc1ccc(C)cc1C. The van der Waals surface area contributed by atoms with Crippen LogP contribution in [0, 0.1) is 13.8 Å². The molecule has 2 aromatic rings. The van der Waals surface area contributed by atoms with Gasteiger partial charge in [0.2, 0.25) is 5.89 Å². The second-order valence-corrected chi connectivity index (χ2v) is 7.67. The summed E-state index contributed by atoms with van der Waals surface area (Å²) in [5, 5.41) is 6.66. The molecule has 1 heterocycles. The number of aryl methyl sites for hydroxylation is 2. The third-order valence-electron chi connectivity index (χ3n) is 4.19. The van der Waals surface area contributed by atoms with Crippen LogP contribution in [0.4, 0.5) is 0 Å². The van der Waals surface area contributed by atoms with Gasteiger partial charge >= 0.3 is 0 Å². The summed E-state index contributed by atoms with van der Waals surface area (Å²) in [6.07, 6.45) is 2.76. The first-order chi connectivity index (χ1) is 12.3. The van der Waals surface area contributed by atoms with E-state index >= 15 is 0 Å². The van der Waals surface area contributed by atoms with E-state index in [1.165, 1.54) is 16.7 Å². The maximum absolute atomic E-state index is 5.80. The topological polar surface area (TPSA) is 62.5 Å². The molecule has 0 atom stereocenters. The Morgan fingerprint density at radius 1 is 1.19 bits per heavy atom. The van der Waals surface area contributed by atoms with Crippen molar-refractivity contribution >= 4 is 5.96 Å². The van der Waals surface area contributed by atoms with E-state index in [2.05, 4.69) is 80.4 Å². The molecule has 0 radical (unpaired) electrons. The van der Waals surface area contributed by atoms with Gasteiger partial charge in [-0.15, -0.1) is 0 Å². The lowest BCUT2D eigenvalue weighted by Gasteiger charge is -2.13. The summed E-state index contributed by atoms with van der Waals surface area (Å²) in [5.74, 6) is 2.31. The summed E-state index contributed by atoms with van der Waals surface area (Å²) in [5.41, 5.74) is 3.96. The van der Waals surface area contributed by atoms with Gasteiger partial charge in [-0.3, -0.25) is 0 Å². The van der Waals surface area contributed by atoms with Crippen molar-refractivity contribution in [3.05, 3.63) is 52.7 Å². The first-order valence-corrected chi connectivity index (χ1v) is 9.33. The Kier molecular flexibility index (Phi) is 6.83. The molecule has 0 saturated carbocycles. The Balaban J connectivity index is 1.93. The van der Waals surface area contributed by atoms with Crippen LogP contribution in [-0.2, 0) is 18.4 Å². The van der Waals surface area contributed by atoms with E-state index in [1.807, 2.05) is 0 Å². The number of hydrogen-bond acceptors (Lipinski definition) is 3. The van der Waals surface area contributed by atoms with E-state index in [-0.39, 0.29) is 5.41 Å². The normalized spacial score (nSPS) is 12.3. The molecule has 0 aliphatic carbocycles. The molecule has 0 bridgehead atoms. The highest BCUT2D eigenvalue weighted by Crippen LogP contribution is 2.22. The number of nitrogens with one attached hydrogen (secondary N) is 2. The van der Waals surface area contributed by atoms with Gasteiger partial charge in [0.25, 0.3) is 0 Å². The van der Waals surface area contributed by atoms with E-state index in [1.54, 1.807) is 6.20 Å². The summed E-state index contributed by atoms with van der Waals surface area (Å²) in [7, 11) is 0. The molecule has 0 unspecified atom stereocenters. The molecule has 1 aromatic heterocycles. The van der Waals surface area contributed by atoms with E-state index in [0.717, 1.165) is 31.2 Å². The fourth-order valence-corrected chi connectivity index (χ4v) is 2.66. The van der Waals surface area contributed by atoms with E-state index in [0.29, 0.717) is 12.4 Å². The fraction of sp³-hybridized carbons (Fsp3) is 0.524. The number of aliphatic imine (C=N–C) groups is 1. The molecule has 0 spiro atoms. The van der Waals surface area contributed by atoms with Gasteiger partial charge < -0.3 is 15.1 Å². The smallest absolute Gasteiger partial charge is 0.216 e. The van der Waals surface area contributed by atoms with Crippen molar-refractivity contribution < 1.29 is 4.42 Å². The van der Waals surface area contributed by atoms with Gasteiger partial charge in [0.05, 0.1) is 6.20 Å². The van der Waals surface area contributed by atoms with E-state index in [4.69, 9.17) is 4.42 Å². The van der Waals surface area contributed by atoms with Crippen molar-refractivity contribution in [2.75, 3.05) is 13.1 Å². The van der Waals surface area contributed by atoms with Crippen LogP contribution in [0.5, 0.6) is 0 Å². The van der Waals surface area contributed by atoms with Gasteiger partial charge in [-0.25, -0.2) is 9.98 Å². The minimum absolute atomic E-state index is 0.0381. The summed E-state index contributed by atoms with van der Waals surface area (Å²) in [6.45, 7) is 14.7. The van der Waals surface area contributed by atoms with E-state index in [9.17, 15) is 0 Å². The van der Waals surface area contributed by atoms with Crippen LogP contribution in [0.1, 0.15) is 56.0 Å². The molecule has 0 fully saturated rings.